The molecule has 0 amide bonds. The molecule has 0 aliphatic rings. The lowest BCUT2D eigenvalue weighted by Gasteiger charge is -1.98. The van der Waals surface area contributed by atoms with E-state index in [1.165, 1.54) is 0 Å². The van der Waals surface area contributed by atoms with Crippen LogP contribution in [-0.4, -0.2) is 21.3 Å². The molecule has 0 bridgehead atoms. The van der Waals surface area contributed by atoms with Crippen LogP contribution in [0.15, 0.2) is 41.1 Å². The average Bonchev–Trinajstić information content (AvgIpc) is 2.81. The first-order chi connectivity index (χ1) is 7.40. The van der Waals surface area contributed by atoms with Crippen molar-refractivity contribution in [1.82, 2.24) is 9.97 Å². The molecule has 0 spiro atoms. The summed E-state index contributed by atoms with van der Waals surface area (Å²) < 4.78 is 0. The highest BCUT2D eigenvalue weighted by atomic mass is 32.2. The van der Waals surface area contributed by atoms with Crippen molar-refractivity contribution < 1.29 is 0 Å². The first-order valence-electron chi connectivity index (χ1n) is 4.32. The first-order valence-corrected chi connectivity index (χ1v) is 6.43. The molecule has 0 radical (unpaired) electrons. The lowest BCUT2D eigenvalue weighted by atomic mass is 10.4. The van der Waals surface area contributed by atoms with Gasteiger partial charge >= 0.3 is 0 Å². The van der Waals surface area contributed by atoms with Gasteiger partial charge in [-0.3, -0.25) is 4.98 Å². The molecule has 2 rings (SSSR count). The minimum absolute atomic E-state index is 0.858. The summed E-state index contributed by atoms with van der Waals surface area (Å²) in [5, 5.41) is 3.83. The van der Waals surface area contributed by atoms with Crippen molar-refractivity contribution >= 4 is 33.8 Å². The molecular weight excluding hydrogens is 226 g/mol. The van der Waals surface area contributed by atoms with Gasteiger partial charge in [0, 0.05) is 17.8 Å². The predicted octanol–water partition coefficient (Wildman–Crippen LogP) is 2.98. The quantitative estimate of drug-likeness (QED) is 0.593. The van der Waals surface area contributed by atoms with E-state index in [0.29, 0.717) is 0 Å². The number of pyridine rings is 1. The van der Waals surface area contributed by atoms with Crippen LogP contribution in [0.25, 0.3) is 0 Å². The molecule has 0 aliphatic heterocycles. The van der Waals surface area contributed by atoms with Crippen LogP contribution in [0.5, 0.6) is 0 Å². The van der Waals surface area contributed by atoms with Crippen molar-refractivity contribution in [3.63, 3.8) is 0 Å². The van der Waals surface area contributed by atoms with Gasteiger partial charge in [-0.05, 0) is 18.4 Å². The molecule has 5 heteroatoms. The molecule has 0 atom stereocenters. The summed E-state index contributed by atoms with van der Waals surface area (Å²) in [6.45, 7) is 0. The molecule has 2 aromatic heterocycles. The Hall–Kier alpha value is -1.20. The maximum Gasteiger partial charge on any atom is 0.148 e. The number of thiazole rings is 1. The van der Waals surface area contributed by atoms with Crippen LogP contribution in [0.2, 0.25) is 0 Å². The van der Waals surface area contributed by atoms with Gasteiger partial charge in [-0.1, -0.05) is 0 Å². The van der Waals surface area contributed by atoms with E-state index >= 15 is 0 Å². The number of aliphatic imine (C=N–C) groups is 1. The highest BCUT2D eigenvalue weighted by Gasteiger charge is 2.04. The zero-order chi connectivity index (χ0) is 10.5. The van der Waals surface area contributed by atoms with Gasteiger partial charge < -0.3 is 0 Å². The summed E-state index contributed by atoms with van der Waals surface area (Å²) in [5.74, 6) is 0. The highest BCUT2D eigenvalue weighted by Crippen LogP contribution is 2.18. The van der Waals surface area contributed by atoms with Gasteiger partial charge in [-0.25, -0.2) is 9.98 Å². The highest BCUT2D eigenvalue weighted by molar-refractivity contribution is 8.14. The summed E-state index contributed by atoms with van der Waals surface area (Å²) in [7, 11) is 0. The largest absolute Gasteiger partial charge is 0.262 e. The molecule has 76 valence electrons. The topological polar surface area (TPSA) is 38.1 Å². The van der Waals surface area contributed by atoms with Crippen molar-refractivity contribution in [2.45, 2.75) is 0 Å². The van der Waals surface area contributed by atoms with Crippen LogP contribution in [0.4, 0.5) is 5.69 Å². The molecule has 0 saturated carbocycles. The number of aromatic nitrogens is 2. The minimum atomic E-state index is 0.858. The van der Waals surface area contributed by atoms with Crippen LogP contribution >= 0.6 is 23.1 Å². The Labute approximate surface area is 96.3 Å². The Morgan fingerprint density at radius 1 is 1.47 bits per heavy atom. The molecule has 2 heterocycles. The normalized spacial score (nSPS) is 11.7. The third-order valence-corrected chi connectivity index (χ3v) is 3.27. The number of thioether (sulfide) groups is 1. The summed E-state index contributed by atoms with van der Waals surface area (Å²) in [6.07, 6.45) is 7.26. The molecule has 0 aliphatic carbocycles. The Morgan fingerprint density at radius 2 is 2.40 bits per heavy atom. The average molecular weight is 235 g/mol. The van der Waals surface area contributed by atoms with Crippen LogP contribution < -0.4 is 0 Å². The van der Waals surface area contributed by atoms with E-state index in [1.54, 1.807) is 41.7 Å². The number of nitrogens with zero attached hydrogens (tertiary/aromatic N) is 3. The molecule has 0 fully saturated rings. The summed E-state index contributed by atoms with van der Waals surface area (Å²) >= 11 is 3.18. The zero-order valence-corrected chi connectivity index (χ0v) is 9.76. The Bertz CT molecular complexity index is 437. The van der Waals surface area contributed by atoms with Crippen molar-refractivity contribution in [2.24, 2.45) is 4.99 Å². The number of hydrogen-bond donors (Lipinski definition) is 0. The first kappa shape index (κ1) is 10.3. The van der Waals surface area contributed by atoms with Crippen LogP contribution in [0.3, 0.4) is 0 Å². The second-order valence-electron chi connectivity index (χ2n) is 2.67. The van der Waals surface area contributed by atoms with Crippen LogP contribution in [0.1, 0.15) is 5.01 Å². The van der Waals surface area contributed by atoms with Crippen LogP contribution in [0, 0.1) is 0 Å². The SMILES string of the molecule is CSC(=Nc1cccnc1)c1nccs1. The molecular formula is C10H9N3S2. The Morgan fingerprint density at radius 3 is 3.00 bits per heavy atom. The maximum atomic E-state index is 4.48. The number of hydrogen-bond acceptors (Lipinski definition) is 5. The van der Waals surface area contributed by atoms with E-state index in [2.05, 4.69) is 15.0 Å². The molecule has 2 aromatic rings. The summed E-state index contributed by atoms with van der Waals surface area (Å²) in [5.41, 5.74) is 0.858. The maximum absolute atomic E-state index is 4.48. The molecule has 0 N–H and O–H groups in total. The zero-order valence-electron chi connectivity index (χ0n) is 8.12. The third kappa shape index (κ3) is 2.64. The van der Waals surface area contributed by atoms with Crippen molar-refractivity contribution in [3.8, 4) is 0 Å². The fraction of sp³-hybridized carbons (Fsp3) is 0.100. The second-order valence-corrected chi connectivity index (χ2v) is 4.36. The van der Waals surface area contributed by atoms with Crippen molar-refractivity contribution in [1.29, 1.82) is 0 Å². The van der Waals surface area contributed by atoms with Gasteiger partial charge in [0.15, 0.2) is 0 Å². The van der Waals surface area contributed by atoms with E-state index in [0.717, 1.165) is 15.7 Å². The smallest absolute Gasteiger partial charge is 0.148 e. The molecule has 0 saturated heterocycles. The summed E-state index contributed by atoms with van der Waals surface area (Å²) in [6, 6.07) is 3.80. The van der Waals surface area contributed by atoms with E-state index in [1.807, 2.05) is 23.8 Å². The van der Waals surface area contributed by atoms with Gasteiger partial charge in [0.1, 0.15) is 10.1 Å². The van der Waals surface area contributed by atoms with Crippen LogP contribution in [-0.2, 0) is 0 Å². The molecule has 0 unspecified atom stereocenters. The minimum Gasteiger partial charge on any atom is -0.262 e. The van der Waals surface area contributed by atoms with E-state index in [4.69, 9.17) is 0 Å². The second kappa shape index (κ2) is 5.04. The standard InChI is InChI=1S/C10H9N3S2/c1-14-10(9-12-5-6-15-9)13-8-3-2-4-11-7-8/h2-7H,1H3. The number of rotatable bonds is 2. The van der Waals surface area contributed by atoms with E-state index < -0.39 is 0 Å². The molecule has 3 nitrogen and oxygen atoms in total. The monoisotopic (exact) mass is 235 g/mol. The van der Waals surface area contributed by atoms with Gasteiger partial charge in [-0.2, -0.15) is 0 Å². The van der Waals surface area contributed by atoms with Crippen molar-refractivity contribution in [2.75, 3.05) is 6.26 Å². The van der Waals surface area contributed by atoms with Gasteiger partial charge in [0.05, 0.1) is 11.9 Å². The van der Waals surface area contributed by atoms with Gasteiger partial charge in [-0.15, -0.1) is 23.1 Å². The lowest BCUT2D eigenvalue weighted by molar-refractivity contribution is 1.30. The predicted molar refractivity (Wildman–Crippen MR) is 66.1 cm³/mol. The Balaban J connectivity index is 2.32. The van der Waals surface area contributed by atoms with Crippen molar-refractivity contribution in [3.05, 3.63) is 41.1 Å². The summed E-state index contributed by atoms with van der Waals surface area (Å²) in [4.78, 5) is 12.7. The third-order valence-electron chi connectivity index (χ3n) is 1.69. The molecule has 15 heavy (non-hydrogen) atoms. The Kier molecular flexibility index (Phi) is 3.47. The fourth-order valence-electron chi connectivity index (χ4n) is 1.05. The van der Waals surface area contributed by atoms with Gasteiger partial charge in [0.25, 0.3) is 0 Å². The fourth-order valence-corrected chi connectivity index (χ4v) is 2.38. The van der Waals surface area contributed by atoms with E-state index in [-0.39, 0.29) is 0 Å². The lowest BCUT2D eigenvalue weighted by Crippen LogP contribution is -1.92. The molecule has 0 aromatic carbocycles. The van der Waals surface area contributed by atoms with Gasteiger partial charge in [0.2, 0.25) is 0 Å². The van der Waals surface area contributed by atoms with E-state index in [9.17, 15) is 0 Å².